The van der Waals surface area contributed by atoms with Gasteiger partial charge in [0.2, 0.25) is 0 Å². The van der Waals surface area contributed by atoms with Gasteiger partial charge >= 0.3 is 0 Å². The van der Waals surface area contributed by atoms with Crippen LogP contribution in [0.25, 0.3) is 5.57 Å². The molecule has 1 nitrogen and oxygen atoms in total. The molecule has 0 aliphatic heterocycles. The van der Waals surface area contributed by atoms with Gasteiger partial charge in [-0.2, -0.15) is 0 Å². The average Bonchev–Trinajstić information content (AvgIpc) is 2.52. The molecule has 0 radical (unpaired) electrons. The van der Waals surface area contributed by atoms with E-state index in [-0.39, 0.29) is 0 Å². The lowest BCUT2D eigenvalue weighted by molar-refractivity contribution is 0.569. The van der Waals surface area contributed by atoms with E-state index in [4.69, 9.17) is 0 Å². The molecule has 1 rings (SSSR count). The Morgan fingerprint density at radius 2 is 2.42 bits per heavy atom. The zero-order valence-corrected chi connectivity index (χ0v) is 8.20. The largest absolute Gasteiger partial charge is 0.233 e. The first kappa shape index (κ1) is 9.24. The number of rotatable bonds is 3. The third kappa shape index (κ3) is 2.07. The second-order valence-corrected chi connectivity index (χ2v) is 3.71. The van der Waals surface area contributed by atoms with Gasteiger partial charge in [0.15, 0.2) is 0 Å². The molecule has 0 atom stereocenters. The lowest BCUT2D eigenvalue weighted by Gasteiger charge is -1.89. The molecule has 0 saturated heterocycles. The van der Waals surface area contributed by atoms with E-state index in [1.165, 1.54) is 5.56 Å². The van der Waals surface area contributed by atoms with Crippen LogP contribution >= 0.6 is 11.3 Å². The van der Waals surface area contributed by atoms with Crippen LogP contribution in [0.3, 0.4) is 0 Å². The van der Waals surface area contributed by atoms with Crippen LogP contribution in [-0.2, 0) is 11.2 Å². The van der Waals surface area contributed by atoms with E-state index < -0.39 is 0 Å². The fourth-order valence-electron chi connectivity index (χ4n) is 1.04. The minimum atomic E-state index is 0.711. The zero-order chi connectivity index (χ0) is 8.97. The molecule has 2 heteroatoms. The smallest absolute Gasteiger partial charge is 0.129 e. The monoisotopic (exact) mass is 180 g/mol. The standard InChI is InChI=1S/C10H12OS/c1-3-4-9-5-10(12-7-9)8(2)6-11/h5,7H,3-4H2,1-2H3. The highest BCUT2D eigenvalue weighted by molar-refractivity contribution is 7.11. The van der Waals surface area contributed by atoms with E-state index in [9.17, 15) is 4.79 Å². The third-order valence-corrected chi connectivity index (χ3v) is 2.81. The SMILES string of the molecule is CCCc1csc(C(C)=C=O)c1. The lowest BCUT2D eigenvalue weighted by atomic mass is 10.2. The second-order valence-electron chi connectivity index (χ2n) is 2.80. The van der Waals surface area contributed by atoms with Gasteiger partial charge in [-0.25, -0.2) is 4.79 Å². The van der Waals surface area contributed by atoms with Crippen LogP contribution in [-0.4, -0.2) is 5.94 Å². The molecule has 64 valence electrons. The van der Waals surface area contributed by atoms with Crippen LogP contribution in [0, 0.1) is 0 Å². The molecular formula is C10H12OS. The summed E-state index contributed by atoms with van der Waals surface area (Å²) in [5.74, 6) is 1.91. The van der Waals surface area contributed by atoms with E-state index in [0.717, 1.165) is 17.7 Å². The van der Waals surface area contributed by atoms with Gasteiger partial charge in [-0.3, -0.25) is 0 Å². The number of hydrogen-bond acceptors (Lipinski definition) is 2. The Morgan fingerprint density at radius 3 is 3.00 bits per heavy atom. The number of allylic oxidation sites excluding steroid dienone is 1. The average molecular weight is 180 g/mol. The summed E-state index contributed by atoms with van der Waals surface area (Å²) >= 11 is 1.62. The normalized spacial score (nSPS) is 9.50. The predicted molar refractivity (Wildman–Crippen MR) is 53.1 cm³/mol. The third-order valence-electron chi connectivity index (χ3n) is 1.72. The van der Waals surface area contributed by atoms with Gasteiger partial charge in [-0.15, -0.1) is 11.3 Å². The van der Waals surface area contributed by atoms with Crippen LogP contribution in [0.4, 0.5) is 0 Å². The second kappa shape index (κ2) is 4.24. The summed E-state index contributed by atoms with van der Waals surface area (Å²) in [7, 11) is 0. The van der Waals surface area contributed by atoms with Gasteiger partial charge in [0, 0.05) is 4.88 Å². The van der Waals surface area contributed by atoms with E-state index >= 15 is 0 Å². The van der Waals surface area contributed by atoms with Gasteiger partial charge in [0.05, 0.1) is 5.57 Å². The van der Waals surface area contributed by atoms with Crippen molar-refractivity contribution in [3.63, 3.8) is 0 Å². The molecule has 0 fully saturated rings. The van der Waals surface area contributed by atoms with Crippen molar-refractivity contribution in [1.82, 2.24) is 0 Å². The summed E-state index contributed by atoms with van der Waals surface area (Å²) < 4.78 is 0. The Labute approximate surface area is 76.7 Å². The van der Waals surface area contributed by atoms with Crippen molar-refractivity contribution in [3.8, 4) is 0 Å². The Balaban J connectivity index is 2.84. The molecule has 1 aromatic heterocycles. The van der Waals surface area contributed by atoms with E-state index in [1.807, 2.05) is 5.94 Å². The van der Waals surface area contributed by atoms with Crippen LogP contribution < -0.4 is 0 Å². The number of hydrogen-bond donors (Lipinski definition) is 0. The van der Waals surface area contributed by atoms with Crippen LogP contribution in [0.2, 0.25) is 0 Å². The molecule has 12 heavy (non-hydrogen) atoms. The summed E-state index contributed by atoms with van der Waals surface area (Å²) in [4.78, 5) is 11.4. The topological polar surface area (TPSA) is 17.1 Å². The minimum absolute atomic E-state index is 0.711. The van der Waals surface area contributed by atoms with Crippen molar-refractivity contribution in [2.45, 2.75) is 26.7 Å². The molecule has 0 N–H and O–H groups in total. The van der Waals surface area contributed by atoms with Crippen LogP contribution in [0.1, 0.15) is 30.7 Å². The molecule has 0 aliphatic rings. The van der Waals surface area contributed by atoms with Crippen molar-refractivity contribution >= 4 is 22.9 Å². The Bertz CT molecular complexity index is 305. The van der Waals surface area contributed by atoms with Crippen molar-refractivity contribution in [2.75, 3.05) is 0 Å². The van der Waals surface area contributed by atoms with Gasteiger partial charge < -0.3 is 0 Å². The number of carbonyl (C=O) groups excluding carboxylic acids is 1. The van der Waals surface area contributed by atoms with Crippen molar-refractivity contribution in [1.29, 1.82) is 0 Å². The summed E-state index contributed by atoms with van der Waals surface area (Å²) in [6.45, 7) is 3.95. The Morgan fingerprint density at radius 1 is 1.67 bits per heavy atom. The highest BCUT2D eigenvalue weighted by Gasteiger charge is 2.00. The Kier molecular flexibility index (Phi) is 3.27. The first-order valence-electron chi connectivity index (χ1n) is 4.07. The first-order valence-corrected chi connectivity index (χ1v) is 4.95. The fraction of sp³-hybridized carbons (Fsp3) is 0.400. The summed E-state index contributed by atoms with van der Waals surface area (Å²) in [6, 6.07) is 2.08. The van der Waals surface area contributed by atoms with Crippen molar-refractivity contribution in [3.05, 3.63) is 21.9 Å². The molecule has 0 unspecified atom stereocenters. The molecule has 0 aromatic carbocycles. The molecule has 0 amide bonds. The summed E-state index contributed by atoms with van der Waals surface area (Å²) in [5.41, 5.74) is 2.04. The summed E-state index contributed by atoms with van der Waals surface area (Å²) in [6.07, 6.45) is 2.25. The fourth-order valence-corrected chi connectivity index (χ4v) is 1.94. The molecule has 0 aliphatic carbocycles. The van der Waals surface area contributed by atoms with E-state index in [0.29, 0.717) is 5.57 Å². The Hall–Kier alpha value is -0.850. The molecule has 0 spiro atoms. The van der Waals surface area contributed by atoms with Crippen molar-refractivity contribution in [2.24, 2.45) is 0 Å². The summed E-state index contributed by atoms with van der Waals surface area (Å²) in [5, 5.41) is 2.11. The van der Waals surface area contributed by atoms with Gasteiger partial charge in [-0.1, -0.05) is 13.3 Å². The number of aryl methyl sites for hydroxylation is 1. The maximum Gasteiger partial charge on any atom is 0.129 e. The molecular weight excluding hydrogens is 168 g/mol. The van der Waals surface area contributed by atoms with Gasteiger partial charge in [-0.05, 0) is 30.4 Å². The first-order chi connectivity index (χ1) is 5.77. The quantitative estimate of drug-likeness (QED) is 0.654. The van der Waals surface area contributed by atoms with E-state index in [1.54, 1.807) is 18.3 Å². The van der Waals surface area contributed by atoms with Gasteiger partial charge in [0.25, 0.3) is 0 Å². The van der Waals surface area contributed by atoms with Crippen LogP contribution in [0.5, 0.6) is 0 Å². The van der Waals surface area contributed by atoms with Gasteiger partial charge in [0.1, 0.15) is 5.94 Å². The maximum atomic E-state index is 10.3. The number of thiophene rings is 1. The predicted octanol–water partition coefficient (Wildman–Crippen LogP) is 2.94. The van der Waals surface area contributed by atoms with Crippen LogP contribution in [0.15, 0.2) is 11.4 Å². The minimum Gasteiger partial charge on any atom is -0.233 e. The van der Waals surface area contributed by atoms with E-state index in [2.05, 4.69) is 18.4 Å². The highest BCUT2D eigenvalue weighted by Crippen LogP contribution is 2.21. The molecule has 1 heterocycles. The lowest BCUT2D eigenvalue weighted by Crippen LogP contribution is -1.76. The highest BCUT2D eigenvalue weighted by atomic mass is 32.1. The zero-order valence-electron chi connectivity index (χ0n) is 7.39. The maximum absolute atomic E-state index is 10.3. The molecule has 0 bridgehead atoms. The molecule has 1 aromatic rings. The van der Waals surface area contributed by atoms with Crippen molar-refractivity contribution < 1.29 is 4.79 Å². The molecule has 0 saturated carbocycles.